The first kappa shape index (κ1) is 7.79. The fraction of sp³-hybridized carbons (Fsp3) is 0.333. The van der Waals surface area contributed by atoms with E-state index in [0.717, 1.165) is 6.42 Å². The molecule has 0 N–H and O–H groups in total. The molecule has 0 atom stereocenters. The molecule has 0 saturated carbocycles. The van der Waals surface area contributed by atoms with Crippen molar-refractivity contribution < 1.29 is 9.59 Å². The van der Waals surface area contributed by atoms with Crippen molar-refractivity contribution in [3.8, 4) is 0 Å². The van der Waals surface area contributed by atoms with E-state index in [1.807, 2.05) is 12.4 Å². The largest absolute Gasteiger partial charge is 0.373 e. The van der Waals surface area contributed by atoms with Gasteiger partial charge in [-0.25, -0.2) is 0 Å². The lowest BCUT2D eigenvalue weighted by Gasteiger charge is -1.76. The average molecular weight is 125 g/mol. The SMILES string of the molecule is CC1=CN=CC1.O=C=O. The van der Waals surface area contributed by atoms with Crippen molar-refractivity contribution in [2.75, 3.05) is 0 Å². The van der Waals surface area contributed by atoms with Gasteiger partial charge in [-0.3, -0.25) is 4.99 Å². The van der Waals surface area contributed by atoms with Gasteiger partial charge >= 0.3 is 6.15 Å². The molecule has 0 aromatic heterocycles. The quantitative estimate of drug-likeness (QED) is 0.480. The summed E-state index contributed by atoms with van der Waals surface area (Å²) in [5.74, 6) is 0. The second-order valence-electron chi connectivity index (χ2n) is 1.59. The Balaban J connectivity index is 0.000000187. The fourth-order valence-electron chi connectivity index (χ4n) is 0.429. The zero-order valence-corrected chi connectivity index (χ0v) is 5.13. The number of hydrogen-bond donors (Lipinski definition) is 0. The summed E-state index contributed by atoms with van der Waals surface area (Å²) in [7, 11) is 0. The van der Waals surface area contributed by atoms with Gasteiger partial charge in [0.2, 0.25) is 0 Å². The van der Waals surface area contributed by atoms with Crippen LogP contribution in [0, 0.1) is 0 Å². The number of allylic oxidation sites excluding steroid dienone is 1. The molecule has 1 rings (SSSR count). The van der Waals surface area contributed by atoms with E-state index in [-0.39, 0.29) is 6.15 Å². The molecule has 0 aliphatic carbocycles. The summed E-state index contributed by atoms with van der Waals surface area (Å²) in [6.45, 7) is 2.08. The van der Waals surface area contributed by atoms with Crippen molar-refractivity contribution in [2.24, 2.45) is 4.99 Å². The van der Waals surface area contributed by atoms with Crippen LogP contribution in [0.2, 0.25) is 0 Å². The number of nitrogens with zero attached hydrogens (tertiary/aromatic N) is 1. The molecule has 0 spiro atoms. The molecule has 0 radical (unpaired) electrons. The summed E-state index contributed by atoms with van der Waals surface area (Å²) in [5, 5.41) is 0. The van der Waals surface area contributed by atoms with Crippen LogP contribution in [0.15, 0.2) is 16.8 Å². The molecule has 0 amide bonds. The zero-order valence-electron chi connectivity index (χ0n) is 5.13. The molecule has 3 nitrogen and oxygen atoms in total. The van der Waals surface area contributed by atoms with Crippen molar-refractivity contribution in [1.82, 2.24) is 0 Å². The van der Waals surface area contributed by atoms with E-state index in [4.69, 9.17) is 9.59 Å². The fourth-order valence-corrected chi connectivity index (χ4v) is 0.429. The topological polar surface area (TPSA) is 46.5 Å². The number of rotatable bonds is 0. The highest BCUT2D eigenvalue weighted by Gasteiger charge is 1.87. The van der Waals surface area contributed by atoms with E-state index in [1.54, 1.807) is 0 Å². The van der Waals surface area contributed by atoms with E-state index in [0.29, 0.717) is 0 Å². The highest BCUT2D eigenvalue weighted by Crippen LogP contribution is 2.01. The lowest BCUT2D eigenvalue weighted by molar-refractivity contribution is -0.191. The predicted octanol–water partition coefficient (Wildman–Crippen LogP) is 0.781. The van der Waals surface area contributed by atoms with Gasteiger partial charge < -0.3 is 0 Å². The second-order valence-corrected chi connectivity index (χ2v) is 1.59. The summed E-state index contributed by atoms with van der Waals surface area (Å²) < 4.78 is 0. The molecule has 9 heavy (non-hydrogen) atoms. The molecule has 1 aliphatic rings. The maximum atomic E-state index is 8.12. The third kappa shape index (κ3) is 4.65. The normalized spacial score (nSPS) is 13.2. The third-order valence-corrected chi connectivity index (χ3v) is 0.814. The lowest BCUT2D eigenvalue weighted by atomic mass is 10.3. The van der Waals surface area contributed by atoms with Crippen molar-refractivity contribution in [3.05, 3.63) is 11.8 Å². The zero-order chi connectivity index (χ0) is 7.11. The summed E-state index contributed by atoms with van der Waals surface area (Å²) in [6, 6.07) is 0. The maximum Gasteiger partial charge on any atom is 0.373 e. The van der Waals surface area contributed by atoms with Gasteiger partial charge in [-0.15, -0.1) is 0 Å². The molecular formula is C6H7NO2. The monoisotopic (exact) mass is 125 g/mol. The Kier molecular flexibility index (Phi) is 4.27. The number of hydrogen-bond acceptors (Lipinski definition) is 3. The summed E-state index contributed by atoms with van der Waals surface area (Å²) >= 11 is 0. The van der Waals surface area contributed by atoms with E-state index in [1.165, 1.54) is 5.57 Å². The van der Waals surface area contributed by atoms with Gasteiger partial charge in [0.15, 0.2) is 0 Å². The summed E-state index contributed by atoms with van der Waals surface area (Å²) in [5.41, 5.74) is 1.36. The number of carbonyl (C=O) groups excluding carboxylic acids is 2. The summed E-state index contributed by atoms with van der Waals surface area (Å²) in [4.78, 5) is 20.1. The van der Waals surface area contributed by atoms with Crippen LogP contribution in [0.1, 0.15) is 13.3 Å². The Morgan fingerprint density at radius 3 is 2.33 bits per heavy atom. The van der Waals surface area contributed by atoms with Gasteiger partial charge in [0, 0.05) is 18.8 Å². The van der Waals surface area contributed by atoms with Gasteiger partial charge in [-0.05, 0) is 12.5 Å². The van der Waals surface area contributed by atoms with Gasteiger partial charge in [-0.2, -0.15) is 9.59 Å². The van der Waals surface area contributed by atoms with Crippen molar-refractivity contribution in [3.63, 3.8) is 0 Å². The van der Waals surface area contributed by atoms with Crippen LogP contribution >= 0.6 is 0 Å². The van der Waals surface area contributed by atoms with Crippen LogP contribution in [0.5, 0.6) is 0 Å². The lowest BCUT2D eigenvalue weighted by Crippen LogP contribution is -1.64. The van der Waals surface area contributed by atoms with Crippen LogP contribution in [0.3, 0.4) is 0 Å². The Bertz CT molecular complexity index is 164. The summed E-state index contributed by atoms with van der Waals surface area (Å²) in [6.07, 6.45) is 5.11. The van der Waals surface area contributed by atoms with Crippen molar-refractivity contribution >= 4 is 12.4 Å². The predicted molar refractivity (Wildman–Crippen MR) is 31.9 cm³/mol. The molecule has 0 aromatic carbocycles. The third-order valence-electron chi connectivity index (χ3n) is 0.814. The molecule has 0 saturated heterocycles. The first-order valence-corrected chi connectivity index (χ1v) is 2.48. The van der Waals surface area contributed by atoms with E-state index >= 15 is 0 Å². The second kappa shape index (κ2) is 4.94. The Labute approximate surface area is 53.1 Å². The van der Waals surface area contributed by atoms with Crippen molar-refractivity contribution in [2.45, 2.75) is 13.3 Å². The van der Waals surface area contributed by atoms with Crippen LogP contribution in [-0.4, -0.2) is 12.4 Å². The smallest absolute Gasteiger partial charge is 0.269 e. The number of aliphatic imine (C=N–C) groups is 1. The highest BCUT2D eigenvalue weighted by molar-refractivity contribution is 5.64. The molecule has 3 heteroatoms. The standard InChI is InChI=1S/C5H7N.CO2/c1-5-2-3-6-4-5;2-1-3/h3-4H,2H2,1H3;. The van der Waals surface area contributed by atoms with Crippen LogP contribution in [0.25, 0.3) is 0 Å². The highest BCUT2D eigenvalue weighted by atomic mass is 16.2. The van der Waals surface area contributed by atoms with Gasteiger partial charge in [0.05, 0.1) is 0 Å². The van der Waals surface area contributed by atoms with Crippen LogP contribution in [0.4, 0.5) is 0 Å². The van der Waals surface area contributed by atoms with Gasteiger partial charge in [-0.1, -0.05) is 0 Å². The van der Waals surface area contributed by atoms with E-state index < -0.39 is 0 Å². The Morgan fingerprint density at radius 2 is 2.22 bits per heavy atom. The molecule has 1 aliphatic heterocycles. The molecule has 0 bridgehead atoms. The maximum absolute atomic E-state index is 8.12. The first-order valence-electron chi connectivity index (χ1n) is 2.48. The van der Waals surface area contributed by atoms with Crippen molar-refractivity contribution in [1.29, 1.82) is 0 Å². The minimum Gasteiger partial charge on any atom is -0.269 e. The first-order chi connectivity index (χ1) is 4.31. The minimum atomic E-state index is 0.250. The minimum absolute atomic E-state index is 0.250. The molecule has 0 fully saturated rings. The van der Waals surface area contributed by atoms with Crippen LogP contribution < -0.4 is 0 Å². The average Bonchev–Trinajstić information content (AvgIpc) is 2.20. The Morgan fingerprint density at radius 1 is 1.67 bits per heavy atom. The molecule has 1 heterocycles. The molecule has 0 unspecified atom stereocenters. The molecular weight excluding hydrogens is 118 g/mol. The molecule has 0 aromatic rings. The molecule has 48 valence electrons. The Hall–Kier alpha value is -1.21. The van der Waals surface area contributed by atoms with Gasteiger partial charge in [0.25, 0.3) is 0 Å². The van der Waals surface area contributed by atoms with E-state index in [9.17, 15) is 0 Å². The van der Waals surface area contributed by atoms with Gasteiger partial charge in [0.1, 0.15) is 0 Å². The van der Waals surface area contributed by atoms with Crippen LogP contribution in [-0.2, 0) is 9.59 Å². The van der Waals surface area contributed by atoms with E-state index in [2.05, 4.69) is 11.9 Å².